The molecule has 4 aromatic rings. The minimum atomic E-state index is -0.411. The van der Waals surface area contributed by atoms with Crippen LogP contribution in [-0.2, 0) is 9.59 Å². The summed E-state index contributed by atoms with van der Waals surface area (Å²) in [6, 6.07) is 22.9. The van der Waals surface area contributed by atoms with Crippen molar-refractivity contribution in [3.05, 3.63) is 84.7 Å². The van der Waals surface area contributed by atoms with Gasteiger partial charge in [-0.05, 0) is 36.4 Å². The summed E-state index contributed by atoms with van der Waals surface area (Å²) in [6.07, 6.45) is 0. The van der Waals surface area contributed by atoms with Crippen LogP contribution in [0.3, 0.4) is 0 Å². The predicted octanol–water partition coefficient (Wildman–Crippen LogP) is 4.15. The van der Waals surface area contributed by atoms with Crippen molar-refractivity contribution in [1.82, 2.24) is 14.8 Å². The number of carbonyl (C=O) groups is 2. The van der Waals surface area contributed by atoms with Crippen LogP contribution in [0.5, 0.6) is 0 Å². The summed E-state index contributed by atoms with van der Waals surface area (Å²) in [7, 11) is 0. The number of rotatable bonds is 5. The first-order valence-electron chi connectivity index (χ1n) is 10.2. The average Bonchev–Trinajstić information content (AvgIpc) is 3.26. The van der Waals surface area contributed by atoms with Crippen molar-refractivity contribution in [2.24, 2.45) is 0 Å². The maximum atomic E-state index is 14.5. The van der Waals surface area contributed by atoms with Crippen molar-refractivity contribution in [3.8, 4) is 17.1 Å². The highest BCUT2D eigenvalue weighted by Gasteiger charge is 2.27. The molecular formula is C24H18FN5O2S. The van der Waals surface area contributed by atoms with Crippen molar-refractivity contribution >= 4 is 35.0 Å². The van der Waals surface area contributed by atoms with Gasteiger partial charge >= 0.3 is 0 Å². The molecule has 1 aromatic heterocycles. The van der Waals surface area contributed by atoms with Gasteiger partial charge in [-0.1, -0.05) is 54.2 Å². The van der Waals surface area contributed by atoms with Gasteiger partial charge in [0.2, 0.25) is 11.8 Å². The number of carbonyl (C=O) groups excluding carboxylic acids is 2. The van der Waals surface area contributed by atoms with Crippen LogP contribution >= 0.6 is 11.8 Å². The first-order valence-corrected chi connectivity index (χ1v) is 11.2. The van der Waals surface area contributed by atoms with Crippen LogP contribution in [-0.4, -0.2) is 38.9 Å². The number of hydrogen-bond donors (Lipinski definition) is 1. The van der Waals surface area contributed by atoms with E-state index in [9.17, 15) is 14.0 Å². The maximum absolute atomic E-state index is 14.5. The SMILES string of the molecule is O=C1CN(C(=O)CSc2nnc(-c3ccccc3F)n2-c2ccccc2)c2ccccc2N1. The normalized spacial score (nSPS) is 12.9. The van der Waals surface area contributed by atoms with Crippen molar-refractivity contribution in [1.29, 1.82) is 0 Å². The highest BCUT2D eigenvalue weighted by Crippen LogP contribution is 2.32. The number of halogens is 1. The quantitative estimate of drug-likeness (QED) is 0.454. The number of thioether (sulfide) groups is 1. The van der Waals surface area contributed by atoms with E-state index in [2.05, 4.69) is 15.5 Å². The van der Waals surface area contributed by atoms with Crippen molar-refractivity contribution in [2.45, 2.75) is 5.16 Å². The van der Waals surface area contributed by atoms with Crippen LogP contribution in [0.4, 0.5) is 15.8 Å². The predicted molar refractivity (Wildman–Crippen MR) is 125 cm³/mol. The minimum Gasteiger partial charge on any atom is -0.323 e. The fourth-order valence-electron chi connectivity index (χ4n) is 3.65. The van der Waals surface area contributed by atoms with Gasteiger partial charge in [0.15, 0.2) is 11.0 Å². The van der Waals surface area contributed by atoms with E-state index in [0.29, 0.717) is 27.9 Å². The number of nitrogens with zero attached hydrogens (tertiary/aromatic N) is 4. The van der Waals surface area contributed by atoms with Crippen LogP contribution in [0.1, 0.15) is 0 Å². The molecule has 0 bridgehead atoms. The lowest BCUT2D eigenvalue weighted by atomic mass is 10.2. The zero-order valence-corrected chi connectivity index (χ0v) is 18.1. The summed E-state index contributed by atoms with van der Waals surface area (Å²) in [5, 5.41) is 11.7. The van der Waals surface area contributed by atoms with Gasteiger partial charge in [0.1, 0.15) is 12.4 Å². The molecule has 0 aliphatic carbocycles. The van der Waals surface area contributed by atoms with Crippen molar-refractivity contribution in [3.63, 3.8) is 0 Å². The van der Waals surface area contributed by atoms with E-state index in [4.69, 9.17) is 0 Å². The molecule has 3 aromatic carbocycles. The molecule has 33 heavy (non-hydrogen) atoms. The lowest BCUT2D eigenvalue weighted by Gasteiger charge is -2.29. The molecule has 0 fully saturated rings. The number of amides is 2. The fraction of sp³-hybridized carbons (Fsp3) is 0.0833. The number of nitrogens with one attached hydrogen (secondary N) is 1. The molecule has 0 saturated carbocycles. The zero-order chi connectivity index (χ0) is 22.8. The van der Waals surface area contributed by atoms with Crippen molar-refractivity contribution < 1.29 is 14.0 Å². The second-order valence-corrected chi connectivity index (χ2v) is 8.23. The third kappa shape index (κ3) is 4.10. The number of anilines is 2. The minimum absolute atomic E-state index is 0.0316. The molecular weight excluding hydrogens is 441 g/mol. The third-order valence-corrected chi connectivity index (χ3v) is 6.07. The Balaban J connectivity index is 1.46. The van der Waals surface area contributed by atoms with Gasteiger partial charge in [-0.15, -0.1) is 10.2 Å². The largest absolute Gasteiger partial charge is 0.323 e. The molecule has 2 amide bonds. The van der Waals surface area contributed by atoms with Gasteiger partial charge in [0.25, 0.3) is 0 Å². The van der Waals surface area contributed by atoms with Crippen LogP contribution in [0.15, 0.2) is 84.0 Å². The van der Waals surface area contributed by atoms with Gasteiger partial charge < -0.3 is 10.2 Å². The van der Waals surface area contributed by atoms with Crippen LogP contribution < -0.4 is 10.2 Å². The van der Waals surface area contributed by atoms with E-state index in [1.54, 1.807) is 41.0 Å². The van der Waals surface area contributed by atoms with Crippen molar-refractivity contribution in [2.75, 3.05) is 22.5 Å². The Kier molecular flexibility index (Phi) is 5.62. The second kappa shape index (κ2) is 8.87. The summed E-state index contributed by atoms with van der Waals surface area (Å²) in [5.74, 6) is -0.523. The number of aromatic nitrogens is 3. The Labute approximate surface area is 193 Å². The summed E-state index contributed by atoms with van der Waals surface area (Å²) >= 11 is 1.18. The Bertz CT molecular complexity index is 1340. The summed E-state index contributed by atoms with van der Waals surface area (Å²) in [5.41, 5.74) is 2.31. The Morgan fingerprint density at radius 3 is 2.52 bits per heavy atom. The molecule has 164 valence electrons. The second-order valence-electron chi connectivity index (χ2n) is 7.29. The molecule has 1 aliphatic heterocycles. The number of para-hydroxylation sites is 3. The average molecular weight is 460 g/mol. The van der Waals surface area contributed by atoms with Gasteiger partial charge in [-0.25, -0.2) is 4.39 Å². The summed E-state index contributed by atoms with van der Waals surface area (Å²) in [6.45, 7) is -0.0533. The lowest BCUT2D eigenvalue weighted by Crippen LogP contribution is -2.43. The molecule has 2 heterocycles. The van der Waals surface area contributed by atoms with E-state index < -0.39 is 5.82 Å². The van der Waals surface area contributed by atoms with Gasteiger partial charge in [0.05, 0.1) is 22.7 Å². The molecule has 1 N–H and O–H groups in total. The molecule has 0 radical (unpaired) electrons. The van der Waals surface area contributed by atoms with Crippen LogP contribution in [0.2, 0.25) is 0 Å². The molecule has 0 unspecified atom stereocenters. The summed E-state index contributed by atoms with van der Waals surface area (Å²) < 4.78 is 16.3. The van der Waals surface area contributed by atoms with Crippen LogP contribution in [0, 0.1) is 5.82 Å². The van der Waals surface area contributed by atoms with E-state index >= 15 is 0 Å². The monoisotopic (exact) mass is 459 g/mol. The number of benzene rings is 3. The lowest BCUT2D eigenvalue weighted by molar-refractivity contribution is -0.120. The zero-order valence-electron chi connectivity index (χ0n) is 17.3. The summed E-state index contributed by atoms with van der Waals surface area (Å²) in [4.78, 5) is 26.6. The van der Waals surface area contributed by atoms with E-state index in [1.165, 1.54) is 22.7 Å². The fourth-order valence-corrected chi connectivity index (χ4v) is 4.48. The highest BCUT2D eigenvalue weighted by atomic mass is 32.2. The van der Waals surface area contributed by atoms with E-state index in [1.807, 2.05) is 36.4 Å². The molecule has 5 rings (SSSR count). The Hall–Kier alpha value is -3.98. The van der Waals surface area contributed by atoms with E-state index in [0.717, 1.165) is 5.69 Å². The first-order chi connectivity index (χ1) is 16.1. The first kappa shape index (κ1) is 20.9. The molecule has 7 nitrogen and oxygen atoms in total. The smallest absolute Gasteiger partial charge is 0.244 e. The van der Waals surface area contributed by atoms with Gasteiger partial charge in [-0.2, -0.15) is 0 Å². The molecule has 0 spiro atoms. The topological polar surface area (TPSA) is 80.1 Å². The van der Waals surface area contributed by atoms with E-state index in [-0.39, 0.29) is 24.1 Å². The molecule has 1 aliphatic rings. The maximum Gasteiger partial charge on any atom is 0.244 e. The molecule has 0 atom stereocenters. The number of hydrogen-bond acceptors (Lipinski definition) is 5. The Morgan fingerprint density at radius 1 is 0.970 bits per heavy atom. The van der Waals surface area contributed by atoms with Crippen LogP contribution in [0.25, 0.3) is 17.1 Å². The standard InChI is InChI=1S/C24H18FN5O2S/c25-18-11-5-4-10-17(18)23-27-28-24(30(23)16-8-2-1-3-9-16)33-15-22(32)29-14-21(31)26-19-12-6-7-13-20(19)29/h1-13H,14-15H2,(H,26,31). The highest BCUT2D eigenvalue weighted by molar-refractivity contribution is 7.99. The molecule has 0 saturated heterocycles. The van der Waals surface area contributed by atoms with Gasteiger partial charge in [0, 0.05) is 5.69 Å². The Morgan fingerprint density at radius 2 is 1.70 bits per heavy atom. The molecule has 9 heteroatoms. The third-order valence-electron chi connectivity index (χ3n) is 5.16. The van der Waals surface area contributed by atoms with Gasteiger partial charge in [-0.3, -0.25) is 14.2 Å². The number of fused-ring (bicyclic) bond motifs is 1.